The Morgan fingerprint density at radius 1 is 0.677 bits per heavy atom. The molecule has 0 N–H and O–H groups in total. The van der Waals surface area contributed by atoms with E-state index in [2.05, 4.69) is 6.92 Å². The van der Waals surface area contributed by atoms with Crippen LogP contribution in [0.1, 0.15) is 115 Å². The van der Waals surface area contributed by atoms with Crippen molar-refractivity contribution in [3.63, 3.8) is 0 Å². The molecular formula is C28H41F3. The maximum atomic E-state index is 13.7. The van der Waals surface area contributed by atoms with E-state index in [1.54, 1.807) is 0 Å². The predicted octanol–water partition coefficient (Wildman–Crippen LogP) is 9.18. The molecule has 3 fully saturated rings. The van der Waals surface area contributed by atoms with E-state index in [1.165, 1.54) is 95.6 Å². The van der Waals surface area contributed by atoms with Crippen molar-refractivity contribution in [2.24, 2.45) is 29.6 Å². The van der Waals surface area contributed by atoms with Gasteiger partial charge in [-0.15, -0.1) is 0 Å². The highest BCUT2D eigenvalue weighted by molar-refractivity contribution is 5.24. The van der Waals surface area contributed by atoms with Crippen LogP contribution in [0.2, 0.25) is 0 Å². The van der Waals surface area contributed by atoms with E-state index in [-0.39, 0.29) is 5.92 Å². The molecule has 31 heavy (non-hydrogen) atoms. The minimum atomic E-state index is -1.34. The molecule has 0 spiro atoms. The molecule has 1 aromatic carbocycles. The smallest absolute Gasteiger partial charge is 0.194 e. The molecule has 4 atom stereocenters. The average Bonchev–Trinajstić information content (AvgIpc) is 2.79. The monoisotopic (exact) mass is 434 g/mol. The van der Waals surface area contributed by atoms with Crippen LogP contribution in [0.5, 0.6) is 0 Å². The number of halogens is 3. The minimum absolute atomic E-state index is 0.186. The normalized spacial score (nSPS) is 33.8. The lowest BCUT2D eigenvalue weighted by atomic mass is 9.60. The molecule has 0 bridgehead atoms. The lowest BCUT2D eigenvalue weighted by molar-refractivity contribution is 0.0709. The van der Waals surface area contributed by atoms with Crippen molar-refractivity contribution in [3.8, 4) is 0 Å². The summed E-state index contributed by atoms with van der Waals surface area (Å²) >= 11 is 0. The number of unbranched alkanes of at least 4 members (excludes halogenated alkanes) is 3. The fourth-order valence-corrected chi connectivity index (χ4v) is 7.28. The van der Waals surface area contributed by atoms with E-state index in [4.69, 9.17) is 0 Å². The van der Waals surface area contributed by atoms with E-state index >= 15 is 0 Å². The maximum Gasteiger partial charge on any atom is 0.194 e. The zero-order chi connectivity index (χ0) is 21.8. The van der Waals surface area contributed by atoms with Gasteiger partial charge in [-0.05, 0) is 105 Å². The van der Waals surface area contributed by atoms with Gasteiger partial charge in [0.1, 0.15) is 0 Å². The fourth-order valence-electron chi connectivity index (χ4n) is 7.28. The van der Waals surface area contributed by atoms with E-state index in [0.717, 1.165) is 36.5 Å². The van der Waals surface area contributed by atoms with Crippen LogP contribution in [0.3, 0.4) is 0 Å². The summed E-state index contributed by atoms with van der Waals surface area (Å²) in [6.07, 6.45) is 20.0. The molecule has 0 amide bonds. The summed E-state index contributed by atoms with van der Waals surface area (Å²) in [5, 5.41) is 0. The summed E-state index contributed by atoms with van der Waals surface area (Å²) in [6.45, 7) is 2.29. The largest absolute Gasteiger partial charge is 0.204 e. The van der Waals surface area contributed by atoms with Gasteiger partial charge in [0.2, 0.25) is 0 Å². The van der Waals surface area contributed by atoms with Gasteiger partial charge in [-0.1, -0.05) is 51.9 Å². The third-order valence-electron chi connectivity index (χ3n) is 9.16. The molecule has 0 nitrogen and oxygen atoms in total. The molecule has 3 aliphatic carbocycles. The Morgan fingerprint density at radius 2 is 1.26 bits per heavy atom. The SMILES string of the molecule is CCCCCCC1CCC(C2CCC3CC(c4cc(F)c(F)c(F)c4)CCC3C2)CC1. The highest BCUT2D eigenvalue weighted by atomic mass is 19.2. The summed E-state index contributed by atoms with van der Waals surface area (Å²) in [6, 6.07) is 2.46. The predicted molar refractivity (Wildman–Crippen MR) is 121 cm³/mol. The first-order valence-electron chi connectivity index (χ1n) is 13.2. The summed E-state index contributed by atoms with van der Waals surface area (Å²) in [7, 11) is 0. The van der Waals surface area contributed by atoms with Crippen molar-refractivity contribution < 1.29 is 13.2 Å². The van der Waals surface area contributed by atoms with Crippen LogP contribution in [0.25, 0.3) is 0 Å². The van der Waals surface area contributed by atoms with Gasteiger partial charge in [-0.25, -0.2) is 13.2 Å². The van der Waals surface area contributed by atoms with Crippen molar-refractivity contribution in [2.75, 3.05) is 0 Å². The molecule has 0 radical (unpaired) electrons. The topological polar surface area (TPSA) is 0 Å². The number of fused-ring (bicyclic) bond motifs is 1. The molecule has 1 aromatic rings. The van der Waals surface area contributed by atoms with Crippen LogP contribution in [-0.4, -0.2) is 0 Å². The van der Waals surface area contributed by atoms with Crippen LogP contribution in [0.4, 0.5) is 13.2 Å². The van der Waals surface area contributed by atoms with Crippen molar-refractivity contribution in [3.05, 3.63) is 35.1 Å². The Kier molecular flexibility index (Phi) is 8.04. The van der Waals surface area contributed by atoms with Crippen LogP contribution < -0.4 is 0 Å². The average molecular weight is 435 g/mol. The van der Waals surface area contributed by atoms with Gasteiger partial charge >= 0.3 is 0 Å². The molecule has 0 aliphatic heterocycles. The highest BCUT2D eigenvalue weighted by Crippen LogP contribution is 2.51. The molecule has 3 aliphatic rings. The number of benzene rings is 1. The van der Waals surface area contributed by atoms with Crippen molar-refractivity contribution >= 4 is 0 Å². The summed E-state index contributed by atoms with van der Waals surface area (Å²) < 4.78 is 40.7. The molecule has 3 saturated carbocycles. The molecule has 0 heterocycles. The minimum Gasteiger partial charge on any atom is -0.204 e. The van der Waals surface area contributed by atoms with Gasteiger partial charge < -0.3 is 0 Å². The first kappa shape index (κ1) is 23.2. The van der Waals surface area contributed by atoms with Crippen LogP contribution in [0.15, 0.2) is 12.1 Å². The van der Waals surface area contributed by atoms with Crippen LogP contribution in [0, 0.1) is 47.0 Å². The molecular weight excluding hydrogens is 393 g/mol. The maximum absolute atomic E-state index is 13.7. The van der Waals surface area contributed by atoms with E-state index in [1.807, 2.05) is 0 Å². The van der Waals surface area contributed by atoms with Crippen molar-refractivity contribution in [1.29, 1.82) is 0 Å². The second-order valence-corrected chi connectivity index (χ2v) is 11.0. The van der Waals surface area contributed by atoms with E-state index in [9.17, 15) is 13.2 Å². The highest BCUT2D eigenvalue weighted by Gasteiger charge is 2.39. The Bertz CT molecular complexity index is 683. The van der Waals surface area contributed by atoms with E-state index in [0.29, 0.717) is 11.5 Å². The number of hydrogen-bond acceptors (Lipinski definition) is 0. The van der Waals surface area contributed by atoms with Gasteiger partial charge in [0.15, 0.2) is 17.5 Å². The molecule has 0 saturated heterocycles. The number of hydrogen-bond donors (Lipinski definition) is 0. The fraction of sp³-hybridized carbons (Fsp3) is 0.786. The van der Waals surface area contributed by atoms with Gasteiger partial charge in [0, 0.05) is 0 Å². The van der Waals surface area contributed by atoms with Crippen LogP contribution in [-0.2, 0) is 0 Å². The molecule has 174 valence electrons. The van der Waals surface area contributed by atoms with Crippen LogP contribution >= 0.6 is 0 Å². The zero-order valence-electron chi connectivity index (χ0n) is 19.4. The van der Waals surface area contributed by atoms with Crippen molar-refractivity contribution in [2.45, 2.75) is 109 Å². The summed E-state index contributed by atoms with van der Waals surface area (Å²) in [5.74, 6) is 1.06. The van der Waals surface area contributed by atoms with Gasteiger partial charge in [0.05, 0.1) is 0 Å². The second-order valence-electron chi connectivity index (χ2n) is 11.0. The second kappa shape index (κ2) is 10.8. The molecule has 3 heteroatoms. The van der Waals surface area contributed by atoms with Crippen molar-refractivity contribution in [1.82, 2.24) is 0 Å². The number of rotatable bonds is 7. The standard InChI is InChI=1S/C28H41F3/c1-2-3-4-5-6-19-7-9-20(10-8-19)21-11-12-23-16-24(14-13-22(23)15-21)25-17-26(29)28(31)27(30)18-25/h17-24H,2-16H2,1H3. The zero-order valence-corrected chi connectivity index (χ0v) is 19.4. The summed E-state index contributed by atoms with van der Waals surface area (Å²) in [5.41, 5.74) is 0.661. The third-order valence-corrected chi connectivity index (χ3v) is 9.16. The summed E-state index contributed by atoms with van der Waals surface area (Å²) in [4.78, 5) is 0. The quantitative estimate of drug-likeness (QED) is 0.296. The Balaban J connectivity index is 1.24. The van der Waals surface area contributed by atoms with E-state index < -0.39 is 17.5 Å². The first-order valence-corrected chi connectivity index (χ1v) is 13.2. The lowest BCUT2D eigenvalue weighted by Gasteiger charge is -2.45. The lowest BCUT2D eigenvalue weighted by Crippen LogP contribution is -2.34. The molecule has 4 rings (SSSR count). The molecule has 4 unspecified atom stereocenters. The third kappa shape index (κ3) is 5.69. The first-order chi connectivity index (χ1) is 15.0. The molecule has 0 aromatic heterocycles. The van der Waals surface area contributed by atoms with Gasteiger partial charge in [-0.3, -0.25) is 0 Å². The van der Waals surface area contributed by atoms with Gasteiger partial charge in [-0.2, -0.15) is 0 Å². The Morgan fingerprint density at radius 3 is 1.94 bits per heavy atom. The van der Waals surface area contributed by atoms with Gasteiger partial charge in [0.25, 0.3) is 0 Å². The Labute approximate surface area is 187 Å². The Hall–Kier alpha value is -0.990.